The van der Waals surface area contributed by atoms with Crippen LogP contribution in [0.5, 0.6) is 0 Å². The number of hydroxylamine groups is 2. The molecular formula is C20H27N5O6. The van der Waals surface area contributed by atoms with Crippen molar-refractivity contribution in [3.8, 4) is 0 Å². The number of nitrogens with zero attached hydrogens (tertiary/aromatic N) is 2. The monoisotopic (exact) mass is 433 g/mol. The first kappa shape index (κ1) is 22.3. The molecule has 0 aliphatic carbocycles. The van der Waals surface area contributed by atoms with Crippen LogP contribution in [-0.4, -0.2) is 63.3 Å². The topological polar surface area (TPSA) is 140 Å². The molecule has 1 aromatic rings. The average molecular weight is 433 g/mol. The van der Waals surface area contributed by atoms with E-state index in [0.29, 0.717) is 29.2 Å². The van der Waals surface area contributed by atoms with E-state index in [9.17, 15) is 24.4 Å². The highest BCUT2D eigenvalue weighted by Gasteiger charge is 2.46. The van der Waals surface area contributed by atoms with Gasteiger partial charge < -0.3 is 9.64 Å². The molecule has 11 heteroatoms. The number of rotatable bonds is 4. The lowest BCUT2D eigenvalue weighted by Gasteiger charge is -2.29. The second kappa shape index (κ2) is 8.80. The standard InChI is InChI=1S/C20H27N5O6/c1-20(2,3)31-18(28)21-13-6-4-12(5-7-13)10-16(26)22-23-17(27)15-9-8-14-11-24(15)19(29)25(14)30/h4-7,14-15,30H,8-11H2,1-3H3,(H,21,28)(H,22,26)(H,23,27)/t14-,15+/m1/s1. The Morgan fingerprint density at radius 3 is 2.45 bits per heavy atom. The number of hydrazine groups is 1. The third-order valence-electron chi connectivity index (χ3n) is 4.94. The summed E-state index contributed by atoms with van der Waals surface area (Å²) in [6.45, 7) is 5.58. The van der Waals surface area contributed by atoms with Crippen LogP contribution >= 0.6 is 0 Å². The lowest BCUT2D eigenvalue weighted by molar-refractivity contribution is -0.131. The number of carbonyl (C=O) groups is 4. The normalized spacial score (nSPS) is 20.3. The number of anilines is 1. The van der Waals surface area contributed by atoms with E-state index in [0.717, 1.165) is 0 Å². The van der Waals surface area contributed by atoms with E-state index < -0.39 is 35.6 Å². The van der Waals surface area contributed by atoms with Crippen molar-refractivity contribution in [2.75, 3.05) is 11.9 Å². The maximum Gasteiger partial charge on any atom is 0.412 e. The maximum atomic E-state index is 12.4. The van der Waals surface area contributed by atoms with Gasteiger partial charge in [-0.2, -0.15) is 0 Å². The third kappa shape index (κ3) is 5.63. The van der Waals surface area contributed by atoms with Crippen LogP contribution < -0.4 is 16.2 Å². The van der Waals surface area contributed by atoms with Gasteiger partial charge in [0.25, 0.3) is 5.91 Å². The number of piperidine rings is 1. The SMILES string of the molecule is CC(C)(C)OC(=O)Nc1ccc(CC(=O)NNC(=O)[C@@H]2CC[C@@H]3CN2C(=O)N3O)cc1. The van der Waals surface area contributed by atoms with Crippen LogP contribution in [0.2, 0.25) is 0 Å². The smallest absolute Gasteiger partial charge is 0.412 e. The average Bonchev–Trinajstić information content (AvgIpc) is 2.90. The van der Waals surface area contributed by atoms with E-state index in [2.05, 4.69) is 16.2 Å². The summed E-state index contributed by atoms with van der Waals surface area (Å²) in [5, 5.41) is 12.9. The molecule has 2 atom stereocenters. The first-order chi connectivity index (χ1) is 14.5. The van der Waals surface area contributed by atoms with Gasteiger partial charge >= 0.3 is 12.1 Å². The molecule has 2 bridgehead atoms. The molecule has 0 radical (unpaired) electrons. The van der Waals surface area contributed by atoms with Crippen molar-refractivity contribution in [3.63, 3.8) is 0 Å². The second-order valence-corrected chi connectivity index (χ2v) is 8.56. The first-order valence-corrected chi connectivity index (χ1v) is 10.00. The Balaban J connectivity index is 1.45. The zero-order valence-corrected chi connectivity index (χ0v) is 17.7. The predicted molar refractivity (Wildman–Crippen MR) is 109 cm³/mol. The van der Waals surface area contributed by atoms with Crippen molar-refractivity contribution in [1.29, 1.82) is 0 Å². The highest BCUT2D eigenvalue weighted by atomic mass is 16.6. The van der Waals surface area contributed by atoms with Crippen LogP contribution in [-0.2, 0) is 20.7 Å². The van der Waals surface area contributed by atoms with Gasteiger partial charge in [-0.25, -0.2) is 14.7 Å². The summed E-state index contributed by atoms with van der Waals surface area (Å²) in [6, 6.07) is 5.00. The molecule has 11 nitrogen and oxygen atoms in total. The molecular weight excluding hydrogens is 406 g/mol. The van der Waals surface area contributed by atoms with Gasteiger partial charge in [0.1, 0.15) is 11.6 Å². The molecule has 2 saturated heterocycles. The summed E-state index contributed by atoms with van der Waals surface area (Å²) < 4.78 is 5.18. The van der Waals surface area contributed by atoms with E-state index in [-0.39, 0.29) is 19.0 Å². The minimum atomic E-state index is -0.737. The summed E-state index contributed by atoms with van der Waals surface area (Å²) >= 11 is 0. The van der Waals surface area contributed by atoms with E-state index in [1.807, 2.05) is 0 Å². The molecule has 2 fully saturated rings. The molecule has 0 aromatic heterocycles. The number of fused-ring (bicyclic) bond motifs is 2. The van der Waals surface area contributed by atoms with Gasteiger partial charge in [-0.3, -0.25) is 31.0 Å². The zero-order valence-electron chi connectivity index (χ0n) is 17.7. The third-order valence-corrected chi connectivity index (χ3v) is 4.94. The Hall–Kier alpha value is -3.34. The van der Waals surface area contributed by atoms with Crippen molar-refractivity contribution in [2.45, 2.75) is 57.7 Å². The van der Waals surface area contributed by atoms with Crippen molar-refractivity contribution in [3.05, 3.63) is 29.8 Å². The van der Waals surface area contributed by atoms with Gasteiger partial charge in [0, 0.05) is 12.2 Å². The fraction of sp³-hybridized carbons (Fsp3) is 0.500. The molecule has 0 saturated carbocycles. The van der Waals surface area contributed by atoms with Crippen molar-refractivity contribution in [2.24, 2.45) is 0 Å². The number of hydrogen-bond acceptors (Lipinski definition) is 6. The summed E-state index contributed by atoms with van der Waals surface area (Å²) in [7, 11) is 0. The predicted octanol–water partition coefficient (Wildman–Crippen LogP) is 1.38. The number of urea groups is 1. The molecule has 31 heavy (non-hydrogen) atoms. The summed E-state index contributed by atoms with van der Waals surface area (Å²) in [4.78, 5) is 49.5. The lowest BCUT2D eigenvalue weighted by Crippen LogP contribution is -2.54. The number of ether oxygens (including phenoxy) is 1. The fourth-order valence-electron chi connectivity index (χ4n) is 3.49. The Kier molecular flexibility index (Phi) is 6.34. The van der Waals surface area contributed by atoms with E-state index in [1.54, 1.807) is 45.0 Å². The summed E-state index contributed by atoms with van der Waals surface area (Å²) in [5.41, 5.74) is 5.28. The van der Waals surface area contributed by atoms with Crippen LogP contribution in [0.4, 0.5) is 15.3 Å². The van der Waals surface area contributed by atoms with Gasteiger partial charge in [-0.15, -0.1) is 0 Å². The Labute approximate surface area is 179 Å². The Morgan fingerprint density at radius 2 is 1.81 bits per heavy atom. The second-order valence-electron chi connectivity index (χ2n) is 8.56. The van der Waals surface area contributed by atoms with Crippen molar-refractivity contribution < 1.29 is 29.1 Å². The fourth-order valence-corrected chi connectivity index (χ4v) is 3.49. The van der Waals surface area contributed by atoms with Crippen LogP contribution in [0, 0.1) is 0 Å². The summed E-state index contributed by atoms with van der Waals surface area (Å²) in [6.07, 6.45) is 0.346. The minimum Gasteiger partial charge on any atom is -0.444 e. The number of benzene rings is 1. The first-order valence-electron chi connectivity index (χ1n) is 10.00. The highest BCUT2D eigenvalue weighted by Crippen LogP contribution is 2.28. The molecule has 2 heterocycles. The van der Waals surface area contributed by atoms with E-state index >= 15 is 0 Å². The summed E-state index contributed by atoms with van der Waals surface area (Å²) in [5.74, 6) is -0.946. The van der Waals surface area contributed by atoms with Gasteiger partial charge in [0.05, 0.1) is 12.5 Å². The van der Waals surface area contributed by atoms with Gasteiger partial charge in [0.2, 0.25) is 5.91 Å². The Morgan fingerprint density at radius 1 is 1.13 bits per heavy atom. The highest BCUT2D eigenvalue weighted by molar-refractivity contribution is 5.90. The quantitative estimate of drug-likeness (QED) is 0.418. The van der Waals surface area contributed by atoms with Crippen molar-refractivity contribution >= 4 is 29.6 Å². The Bertz CT molecular complexity index is 866. The number of nitrogens with one attached hydrogen (secondary N) is 3. The number of carbonyl (C=O) groups excluding carboxylic acids is 4. The maximum absolute atomic E-state index is 12.4. The molecule has 168 valence electrons. The van der Waals surface area contributed by atoms with Crippen LogP contribution in [0.25, 0.3) is 0 Å². The zero-order chi connectivity index (χ0) is 22.8. The molecule has 1 aromatic carbocycles. The number of amides is 5. The van der Waals surface area contributed by atoms with E-state index in [4.69, 9.17) is 4.74 Å². The van der Waals surface area contributed by atoms with Crippen LogP contribution in [0.15, 0.2) is 24.3 Å². The molecule has 0 spiro atoms. The number of hydrogen-bond donors (Lipinski definition) is 4. The van der Waals surface area contributed by atoms with Crippen LogP contribution in [0.1, 0.15) is 39.2 Å². The van der Waals surface area contributed by atoms with Crippen molar-refractivity contribution in [1.82, 2.24) is 20.8 Å². The molecule has 3 rings (SSSR count). The molecule has 4 N–H and O–H groups in total. The largest absolute Gasteiger partial charge is 0.444 e. The van der Waals surface area contributed by atoms with Gasteiger partial charge in [0.15, 0.2) is 0 Å². The van der Waals surface area contributed by atoms with Crippen LogP contribution in [0.3, 0.4) is 0 Å². The molecule has 2 aliphatic heterocycles. The van der Waals surface area contributed by atoms with Gasteiger partial charge in [-0.05, 0) is 51.3 Å². The molecule has 2 aliphatic rings. The van der Waals surface area contributed by atoms with E-state index in [1.165, 1.54) is 4.90 Å². The molecule has 0 unspecified atom stereocenters. The minimum absolute atomic E-state index is 0.00675. The molecule has 5 amide bonds. The lowest BCUT2D eigenvalue weighted by atomic mass is 10.0. The van der Waals surface area contributed by atoms with Gasteiger partial charge in [-0.1, -0.05) is 12.1 Å².